The van der Waals surface area contributed by atoms with Gasteiger partial charge in [0.25, 0.3) is 0 Å². The van der Waals surface area contributed by atoms with Gasteiger partial charge in [0.2, 0.25) is 0 Å². The van der Waals surface area contributed by atoms with Gasteiger partial charge in [-0.3, -0.25) is 0 Å². The van der Waals surface area contributed by atoms with Crippen LogP contribution in [0.1, 0.15) is 33.6 Å². The zero-order chi connectivity index (χ0) is 8.11. The Kier molecular flexibility index (Phi) is 1.17. The highest BCUT2D eigenvalue weighted by Crippen LogP contribution is 2.66. The SMILES string of the molecule is C/C=C/C1(C)C2=CC1(C)CC2. The van der Waals surface area contributed by atoms with E-state index in [-0.39, 0.29) is 0 Å². The number of rotatable bonds is 1. The maximum absolute atomic E-state index is 2.47. The second-order valence-corrected chi connectivity index (χ2v) is 4.29. The Balaban J connectivity index is 2.38. The molecule has 0 aromatic carbocycles. The van der Waals surface area contributed by atoms with E-state index in [4.69, 9.17) is 0 Å². The molecule has 0 N–H and O–H groups in total. The Labute approximate surface area is 69.0 Å². The molecule has 2 atom stereocenters. The Morgan fingerprint density at radius 1 is 1.45 bits per heavy atom. The third-order valence-electron chi connectivity index (χ3n) is 3.76. The second kappa shape index (κ2) is 1.80. The molecule has 2 bridgehead atoms. The molecule has 0 aromatic rings. The molecule has 3 rings (SSSR count). The van der Waals surface area contributed by atoms with Crippen molar-refractivity contribution in [2.75, 3.05) is 0 Å². The van der Waals surface area contributed by atoms with Gasteiger partial charge in [0, 0.05) is 5.41 Å². The first-order valence-electron chi connectivity index (χ1n) is 4.48. The normalized spacial score (nSPS) is 47.7. The summed E-state index contributed by atoms with van der Waals surface area (Å²) in [6.45, 7) is 6.87. The number of fused-ring (bicyclic) bond motifs is 1. The summed E-state index contributed by atoms with van der Waals surface area (Å²) in [6, 6.07) is 0. The van der Waals surface area contributed by atoms with Gasteiger partial charge in [-0.1, -0.05) is 37.6 Å². The average Bonchev–Trinajstić information content (AvgIpc) is 2.44. The molecular formula is C11H16. The summed E-state index contributed by atoms with van der Waals surface area (Å²) in [7, 11) is 0. The molecule has 0 heterocycles. The van der Waals surface area contributed by atoms with E-state index in [0.717, 1.165) is 0 Å². The van der Waals surface area contributed by atoms with Gasteiger partial charge >= 0.3 is 0 Å². The minimum atomic E-state index is 0.418. The summed E-state index contributed by atoms with van der Waals surface area (Å²) >= 11 is 0. The minimum absolute atomic E-state index is 0.418. The van der Waals surface area contributed by atoms with Crippen LogP contribution in [-0.2, 0) is 0 Å². The van der Waals surface area contributed by atoms with Crippen LogP contribution in [0.4, 0.5) is 0 Å². The van der Waals surface area contributed by atoms with E-state index in [9.17, 15) is 0 Å². The van der Waals surface area contributed by atoms with Gasteiger partial charge in [0.05, 0.1) is 0 Å². The largest absolute Gasteiger partial charge is 0.0908 e. The molecule has 11 heavy (non-hydrogen) atoms. The van der Waals surface area contributed by atoms with Crippen LogP contribution in [0.5, 0.6) is 0 Å². The third-order valence-corrected chi connectivity index (χ3v) is 3.76. The van der Waals surface area contributed by atoms with Crippen molar-refractivity contribution in [1.29, 1.82) is 0 Å². The average molecular weight is 148 g/mol. The van der Waals surface area contributed by atoms with Crippen LogP contribution in [-0.4, -0.2) is 0 Å². The van der Waals surface area contributed by atoms with Crippen molar-refractivity contribution in [3.05, 3.63) is 23.8 Å². The van der Waals surface area contributed by atoms with E-state index in [0.29, 0.717) is 10.8 Å². The summed E-state index contributed by atoms with van der Waals surface area (Å²) in [5, 5.41) is 0. The molecule has 0 heteroatoms. The van der Waals surface area contributed by atoms with Gasteiger partial charge in [-0.2, -0.15) is 0 Å². The summed E-state index contributed by atoms with van der Waals surface area (Å²) in [6.07, 6.45) is 9.72. The maximum Gasteiger partial charge on any atom is 0.0151 e. The van der Waals surface area contributed by atoms with Crippen LogP contribution in [0.15, 0.2) is 23.8 Å². The molecule has 1 fully saturated rings. The quantitative estimate of drug-likeness (QED) is 0.500. The lowest BCUT2D eigenvalue weighted by Gasteiger charge is -2.46. The molecule has 2 unspecified atom stereocenters. The highest BCUT2D eigenvalue weighted by atomic mass is 14.6. The molecule has 3 aliphatic rings. The van der Waals surface area contributed by atoms with Crippen molar-refractivity contribution < 1.29 is 0 Å². The number of allylic oxidation sites excluding steroid dienone is 4. The standard InChI is InChI=1S/C11H16/c1-4-6-11(3)9-5-7-10(11,2)8-9/h4,6,8H,5,7H2,1-3H3/b6-4+. The first-order valence-corrected chi connectivity index (χ1v) is 4.48. The Hall–Kier alpha value is -0.520. The Bertz CT molecular complexity index is 247. The van der Waals surface area contributed by atoms with Gasteiger partial charge in [-0.15, -0.1) is 0 Å². The maximum atomic E-state index is 2.47. The molecule has 0 saturated heterocycles. The molecule has 0 aromatic heterocycles. The van der Waals surface area contributed by atoms with Gasteiger partial charge in [-0.05, 0) is 25.2 Å². The van der Waals surface area contributed by atoms with Crippen molar-refractivity contribution in [2.24, 2.45) is 10.8 Å². The number of hydrogen-bond donors (Lipinski definition) is 0. The lowest BCUT2D eigenvalue weighted by atomic mass is 9.58. The van der Waals surface area contributed by atoms with Gasteiger partial charge in [0.15, 0.2) is 0 Å². The van der Waals surface area contributed by atoms with Crippen LogP contribution >= 0.6 is 0 Å². The van der Waals surface area contributed by atoms with Crippen molar-refractivity contribution in [2.45, 2.75) is 33.6 Å². The molecule has 0 nitrogen and oxygen atoms in total. The third kappa shape index (κ3) is 0.610. The van der Waals surface area contributed by atoms with Crippen molar-refractivity contribution in [1.82, 2.24) is 0 Å². The van der Waals surface area contributed by atoms with Crippen LogP contribution < -0.4 is 0 Å². The zero-order valence-corrected chi connectivity index (χ0v) is 7.65. The van der Waals surface area contributed by atoms with E-state index in [1.807, 2.05) is 0 Å². The van der Waals surface area contributed by atoms with Crippen LogP contribution in [0.3, 0.4) is 0 Å². The van der Waals surface area contributed by atoms with E-state index in [2.05, 4.69) is 39.0 Å². The monoisotopic (exact) mass is 148 g/mol. The van der Waals surface area contributed by atoms with Crippen molar-refractivity contribution in [3.8, 4) is 0 Å². The molecule has 0 radical (unpaired) electrons. The summed E-state index contributed by atoms with van der Waals surface area (Å²) in [5.74, 6) is 0. The topological polar surface area (TPSA) is 0 Å². The molecule has 3 aliphatic carbocycles. The van der Waals surface area contributed by atoms with Crippen LogP contribution in [0.25, 0.3) is 0 Å². The summed E-state index contributed by atoms with van der Waals surface area (Å²) in [4.78, 5) is 0. The summed E-state index contributed by atoms with van der Waals surface area (Å²) in [5.41, 5.74) is 2.58. The Morgan fingerprint density at radius 3 is 2.55 bits per heavy atom. The van der Waals surface area contributed by atoms with Crippen LogP contribution in [0, 0.1) is 10.8 Å². The zero-order valence-electron chi connectivity index (χ0n) is 7.65. The molecule has 0 aliphatic heterocycles. The van der Waals surface area contributed by atoms with E-state index >= 15 is 0 Å². The van der Waals surface area contributed by atoms with E-state index < -0.39 is 0 Å². The van der Waals surface area contributed by atoms with Gasteiger partial charge < -0.3 is 0 Å². The lowest BCUT2D eigenvalue weighted by Crippen LogP contribution is -2.37. The van der Waals surface area contributed by atoms with E-state index in [1.165, 1.54) is 12.8 Å². The van der Waals surface area contributed by atoms with Crippen LogP contribution in [0.2, 0.25) is 0 Å². The molecule has 1 saturated carbocycles. The van der Waals surface area contributed by atoms with Gasteiger partial charge in [-0.25, -0.2) is 0 Å². The summed E-state index contributed by atoms with van der Waals surface area (Å²) < 4.78 is 0. The van der Waals surface area contributed by atoms with Crippen molar-refractivity contribution >= 4 is 0 Å². The predicted molar refractivity (Wildman–Crippen MR) is 48.3 cm³/mol. The van der Waals surface area contributed by atoms with Crippen molar-refractivity contribution in [3.63, 3.8) is 0 Å². The fourth-order valence-electron chi connectivity index (χ4n) is 2.66. The second-order valence-electron chi connectivity index (χ2n) is 4.29. The molecule has 60 valence electrons. The molecular weight excluding hydrogens is 132 g/mol. The Morgan fingerprint density at radius 2 is 2.18 bits per heavy atom. The molecule has 0 spiro atoms. The minimum Gasteiger partial charge on any atom is -0.0908 e. The smallest absolute Gasteiger partial charge is 0.0151 e. The first kappa shape index (κ1) is 7.15. The van der Waals surface area contributed by atoms with E-state index in [1.54, 1.807) is 5.57 Å². The highest BCUT2D eigenvalue weighted by molar-refractivity contribution is 5.44. The van der Waals surface area contributed by atoms with Gasteiger partial charge in [0.1, 0.15) is 0 Å². The lowest BCUT2D eigenvalue weighted by molar-refractivity contribution is 0.225. The molecule has 0 amide bonds. The highest BCUT2D eigenvalue weighted by Gasteiger charge is 2.55. The predicted octanol–water partition coefficient (Wildman–Crippen LogP) is 3.31. The first-order chi connectivity index (χ1) is 5.12. The fourth-order valence-corrected chi connectivity index (χ4v) is 2.66. The fraction of sp³-hybridized carbons (Fsp3) is 0.636. The number of hydrogen-bond acceptors (Lipinski definition) is 0.